The summed E-state index contributed by atoms with van der Waals surface area (Å²) in [5, 5.41) is 6.40. The predicted molar refractivity (Wildman–Crippen MR) is 174 cm³/mol. The smallest absolute Gasteiger partial charge is 0.294 e. The number of hydrogen-bond donors (Lipinski definition) is 1. The number of carbonyl (C=O) groups is 3. The van der Waals surface area contributed by atoms with E-state index in [1.165, 1.54) is 0 Å². The number of nitrogens with zero attached hydrogens (tertiary/aromatic N) is 1. The Balaban J connectivity index is 1.17. The zero-order valence-electron chi connectivity index (χ0n) is 23.0. The molecule has 0 aliphatic carbocycles. The van der Waals surface area contributed by atoms with E-state index < -0.39 is 17.1 Å². The van der Waals surface area contributed by atoms with Gasteiger partial charge in [-0.2, -0.15) is 0 Å². The average molecular weight is 654 g/mol. The van der Waals surface area contributed by atoms with Crippen LogP contribution < -0.4 is 14.8 Å². The average Bonchev–Trinajstić information content (AvgIpc) is 3.27. The molecular formula is C34H25BrN2O5S. The van der Waals surface area contributed by atoms with Gasteiger partial charge in [0, 0.05) is 11.1 Å². The van der Waals surface area contributed by atoms with Gasteiger partial charge < -0.3 is 14.8 Å². The lowest BCUT2D eigenvalue weighted by atomic mass is 10.1. The number of benzene rings is 5. The molecule has 43 heavy (non-hydrogen) atoms. The minimum Gasteiger partial charge on any atom is -0.493 e. The van der Waals surface area contributed by atoms with Crippen LogP contribution in [-0.2, 0) is 16.2 Å². The van der Waals surface area contributed by atoms with Gasteiger partial charge >= 0.3 is 0 Å². The van der Waals surface area contributed by atoms with Crippen LogP contribution in [0.3, 0.4) is 0 Å². The van der Waals surface area contributed by atoms with E-state index in [4.69, 9.17) is 9.47 Å². The van der Waals surface area contributed by atoms with Crippen LogP contribution in [0, 0.1) is 0 Å². The molecule has 1 N–H and O–H groups in total. The summed E-state index contributed by atoms with van der Waals surface area (Å²) in [6, 6.07) is 31.0. The third-order valence-electron chi connectivity index (χ3n) is 7.04. The number of ether oxygens (including phenoxy) is 2. The van der Waals surface area contributed by atoms with Gasteiger partial charge in [-0.1, -0.05) is 78.9 Å². The van der Waals surface area contributed by atoms with Gasteiger partial charge in [0.25, 0.3) is 11.1 Å². The van der Waals surface area contributed by atoms with E-state index in [9.17, 15) is 14.4 Å². The van der Waals surface area contributed by atoms with Crippen LogP contribution in [-0.4, -0.2) is 35.6 Å². The quantitative estimate of drug-likeness (QED) is 0.171. The van der Waals surface area contributed by atoms with Crippen LogP contribution in [0.1, 0.15) is 11.1 Å². The summed E-state index contributed by atoms with van der Waals surface area (Å²) < 4.78 is 12.4. The molecule has 0 unspecified atom stereocenters. The Hall–Kier alpha value is -4.60. The van der Waals surface area contributed by atoms with Gasteiger partial charge in [-0.25, -0.2) is 0 Å². The number of rotatable bonds is 8. The molecule has 214 valence electrons. The van der Waals surface area contributed by atoms with Gasteiger partial charge in [-0.3, -0.25) is 19.3 Å². The molecule has 0 radical (unpaired) electrons. The molecule has 5 aromatic carbocycles. The van der Waals surface area contributed by atoms with E-state index >= 15 is 0 Å². The van der Waals surface area contributed by atoms with Crippen LogP contribution in [0.5, 0.6) is 11.5 Å². The number of halogens is 1. The van der Waals surface area contributed by atoms with Crippen molar-refractivity contribution in [2.75, 3.05) is 19.0 Å². The Bertz CT molecular complexity index is 1930. The van der Waals surface area contributed by atoms with Gasteiger partial charge in [0.1, 0.15) is 13.2 Å². The molecule has 0 saturated carbocycles. The molecule has 1 heterocycles. The SMILES string of the molecule is COc1cc(/C=C2/SC(=O)N(CC(=O)Nc3cccc4ccccc34)C2=O)cc(Br)c1OCc1cccc2ccccc12. The van der Waals surface area contributed by atoms with Gasteiger partial charge in [0.2, 0.25) is 5.91 Å². The Labute approximate surface area is 260 Å². The molecular weight excluding hydrogens is 628 g/mol. The molecule has 3 amide bonds. The molecule has 7 nitrogen and oxygen atoms in total. The minimum atomic E-state index is -0.533. The molecule has 6 rings (SSSR count). The van der Waals surface area contributed by atoms with Crippen molar-refractivity contribution < 1.29 is 23.9 Å². The monoisotopic (exact) mass is 652 g/mol. The molecule has 0 spiro atoms. The van der Waals surface area contributed by atoms with E-state index in [1.54, 1.807) is 31.4 Å². The lowest BCUT2D eigenvalue weighted by Crippen LogP contribution is -2.36. The number of imide groups is 1. The van der Waals surface area contributed by atoms with Crippen LogP contribution in [0.4, 0.5) is 10.5 Å². The van der Waals surface area contributed by atoms with Gasteiger partial charge in [0.15, 0.2) is 11.5 Å². The maximum atomic E-state index is 13.2. The summed E-state index contributed by atoms with van der Waals surface area (Å²) >= 11 is 4.37. The number of anilines is 1. The first-order chi connectivity index (χ1) is 20.9. The summed E-state index contributed by atoms with van der Waals surface area (Å²) in [7, 11) is 1.54. The topological polar surface area (TPSA) is 84.9 Å². The summed E-state index contributed by atoms with van der Waals surface area (Å²) in [4.78, 5) is 39.9. The predicted octanol–water partition coefficient (Wildman–Crippen LogP) is 8.02. The Morgan fingerprint density at radius 3 is 2.35 bits per heavy atom. The van der Waals surface area contributed by atoms with Crippen molar-refractivity contribution in [1.82, 2.24) is 4.90 Å². The van der Waals surface area contributed by atoms with Crippen molar-refractivity contribution in [3.63, 3.8) is 0 Å². The van der Waals surface area contributed by atoms with Crippen molar-refractivity contribution in [1.29, 1.82) is 0 Å². The molecule has 0 aromatic heterocycles. The number of fused-ring (bicyclic) bond motifs is 2. The molecule has 9 heteroatoms. The van der Waals surface area contributed by atoms with Gasteiger partial charge in [0.05, 0.1) is 16.5 Å². The summed E-state index contributed by atoms with van der Waals surface area (Å²) in [5.41, 5.74) is 2.28. The maximum absolute atomic E-state index is 13.2. The minimum absolute atomic E-state index is 0.210. The van der Waals surface area contributed by atoms with Crippen LogP contribution in [0.2, 0.25) is 0 Å². The lowest BCUT2D eigenvalue weighted by Gasteiger charge is -2.15. The van der Waals surface area contributed by atoms with Crippen LogP contribution in [0.15, 0.2) is 106 Å². The zero-order valence-corrected chi connectivity index (χ0v) is 25.4. The molecule has 0 bridgehead atoms. The third-order valence-corrected chi connectivity index (χ3v) is 8.54. The first-order valence-electron chi connectivity index (χ1n) is 13.4. The number of amides is 3. The lowest BCUT2D eigenvalue weighted by molar-refractivity contribution is -0.127. The fourth-order valence-electron chi connectivity index (χ4n) is 4.99. The van der Waals surface area contributed by atoms with E-state index in [0.29, 0.717) is 33.8 Å². The fourth-order valence-corrected chi connectivity index (χ4v) is 6.40. The Kier molecular flexibility index (Phi) is 8.18. The molecule has 5 aromatic rings. The summed E-state index contributed by atoms with van der Waals surface area (Å²) in [6.07, 6.45) is 1.61. The van der Waals surface area contributed by atoms with Crippen LogP contribution >= 0.6 is 27.7 Å². The van der Waals surface area contributed by atoms with Crippen molar-refractivity contribution >= 4 is 78.1 Å². The van der Waals surface area contributed by atoms with Crippen molar-refractivity contribution in [3.8, 4) is 11.5 Å². The molecule has 1 aliphatic rings. The number of thioether (sulfide) groups is 1. The second-order valence-corrected chi connectivity index (χ2v) is 11.7. The van der Waals surface area contributed by atoms with E-state index in [2.05, 4.69) is 39.4 Å². The highest BCUT2D eigenvalue weighted by molar-refractivity contribution is 9.10. The number of methoxy groups -OCH3 is 1. The van der Waals surface area contributed by atoms with Gasteiger partial charge in [-0.15, -0.1) is 0 Å². The first kappa shape index (κ1) is 28.5. The maximum Gasteiger partial charge on any atom is 0.294 e. The summed E-state index contributed by atoms with van der Waals surface area (Å²) in [6.45, 7) is -0.0609. The normalized spacial score (nSPS) is 14.1. The van der Waals surface area contributed by atoms with E-state index in [0.717, 1.165) is 43.8 Å². The van der Waals surface area contributed by atoms with Gasteiger partial charge in [-0.05, 0) is 79.3 Å². The highest BCUT2D eigenvalue weighted by Gasteiger charge is 2.36. The van der Waals surface area contributed by atoms with Crippen molar-refractivity contribution in [2.45, 2.75) is 6.61 Å². The number of nitrogens with one attached hydrogen (secondary N) is 1. The number of carbonyl (C=O) groups excluding carboxylic acids is 3. The fraction of sp³-hybridized carbons (Fsp3) is 0.0882. The first-order valence-corrected chi connectivity index (χ1v) is 15.0. The highest BCUT2D eigenvalue weighted by Crippen LogP contribution is 2.40. The highest BCUT2D eigenvalue weighted by atomic mass is 79.9. The van der Waals surface area contributed by atoms with Crippen molar-refractivity contribution in [3.05, 3.63) is 118 Å². The van der Waals surface area contributed by atoms with Crippen molar-refractivity contribution in [2.24, 2.45) is 0 Å². The second-order valence-electron chi connectivity index (χ2n) is 9.80. The Morgan fingerprint density at radius 1 is 0.907 bits per heavy atom. The largest absolute Gasteiger partial charge is 0.493 e. The van der Waals surface area contributed by atoms with Crippen LogP contribution in [0.25, 0.3) is 27.6 Å². The standard InChI is InChI=1S/C34H25BrN2O5S/c1-41-29-17-21(16-27(35)32(29)42-20-24-12-6-10-22-8-2-4-13-25(22)24)18-30-33(39)37(34(40)43-30)19-31(38)36-28-15-7-11-23-9-3-5-14-26(23)28/h2-18H,19-20H2,1H3,(H,36,38)/b30-18+. The van der Waals surface area contributed by atoms with E-state index in [1.807, 2.05) is 60.7 Å². The second kappa shape index (κ2) is 12.3. The van der Waals surface area contributed by atoms with E-state index in [-0.39, 0.29) is 11.4 Å². The molecule has 1 fully saturated rings. The molecule has 1 saturated heterocycles. The summed E-state index contributed by atoms with van der Waals surface area (Å²) in [5.74, 6) is -0.00759. The zero-order chi connectivity index (χ0) is 29.9. The Morgan fingerprint density at radius 2 is 1.58 bits per heavy atom. The molecule has 1 aliphatic heterocycles. The number of hydrogen-bond acceptors (Lipinski definition) is 6. The molecule has 0 atom stereocenters. The third kappa shape index (κ3) is 6.00.